The fourth-order valence-electron chi connectivity index (χ4n) is 2.58. The molecule has 6 nitrogen and oxygen atoms in total. The van der Waals surface area contributed by atoms with Gasteiger partial charge in [0.2, 0.25) is 11.1 Å². The third-order valence-corrected chi connectivity index (χ3v) is 5.25. The Balaban J connectivity index is 1.59. The monoisotopic (exact) mass is 401 g/mol. The molecule has 0 radical (unpaired) electrons. The first-order valence-corrected chi connectivity index (χ1v) is 9.98. The Kier molecular flexibility index (Phi) is 6.47. The normalized spacial score (nSPS) is 12.0. The van der Waals surface area contributed by atoms with Crippen molar-refractivity contribution in [3.8, 4) is 5.69 Å². The number of nitrogens with zero attached hydrogens (tertiary/aromatic N) is 4. The molecule has 0 saturated carbocycles. The van der Waals surface area contributed by atoms with Crippen LogP contribution in [0.2, 0.25) is 5.02 Å². The molecule has 27 heavy (non-hydrogen) atoms. The van der Waals surface area contributed by atoms with Crippen molar-refractivity contribution in [3.05, 3.63) is 64.7 Å². The van der Waals surface area contributed by atoms with Gasteiger partial charge in [-0.3, -0.25) is 4.79 Å². The Bertz CT molecular complexity index is 912. The first-order chi connectivity index (χ1) is 13.1. The van der Waals surface area contributed by atoms with Gasteiger partial charge in [-0.1, -0.05) is 60.6 Å². The highest BCUT2D eigenvalue weighted by atomic mass is 35.5. The van der Waals surface area contributed by atoms with Crippen LogP contribution in [-0.2, 0) is 11.2 Å². The number of aryl methyl sites for hydroxylation is 1. The molecule has 2 aromatic carbocycles. The number of hydrogen-bond donors (Lipinski definition) is 1. The summed E-state index contributed by atoms with van der Waals surface area (Å²) in [5.74, 6) is 0.144. The lowest BCUT2D eigenvalue weighted by atomic mass is 10.1. The zero-order valence-electron chi connectivity index (χ0n) is 15.1. The van der Waals surface area contributed by atoms with Crippen molar-refractivity contribution in [2.45, 2.75) is 31.5 Å². The molecular weight excluding hydrogens is 382 g/mol. The van der Waals surface area contributed by atoms with E-state index in [1.807, 2.05) is 19.1 Å². The molecule has 0 unspecified atom stereocenters. The molecule has 1 amide bonds. The van der Waals surface area contributed by atoms with Crippen molar-refractivity contribution in [2.24, 2.45) is 0 Å². The van der Waals surface area contributed by atoms with E-state index in [9.17, 15) is 4.79 Å². The van der Waals surface area contributed by atoms with Gasteiger partial charge in [0.1, 0.15) is 0 Å². The lowest BCUT2D eigenvalue weighted by Crippen LogP contribution is -2.28. The molecule has 0 bridgehead atoms. The quantitative estimate of drug-likeness (QED) is 0.609. The maximum atomic E-state index is 12.3. The third-order valence-electron chi connectivity index (χ3n) is 4.09. The second-order valence-electron chi connectivity index (χ2n) is 6.03. The van der Waals surface area contributed by atoms with E-state index in [-0.39, 0.29) is 17.7 Å². The van der Waals surface area contributed by atoms with Crippen molar-refractivity contribution in [2.75, 3.05) is 5.75 Å². The van der Waals surface area contributed by atoms with E-state index in [1.54, 1.807) is 16.8 Å². The number of carbonyl (C=O) groups is 1. The number of nitrogens with one attached hydrogen (secondary N) is 1. The fraction of sp³-hybridized carbons (Fsp3) is 0.263. The van der Waals surface area contributed by atoms with Crippen molar-refractivity contribution in [1.82, 2.24) is 25.5 Å². The largest absolute Gasteiger partial charge is 0.349 e. The SMILES string of the molecule is CCc1ccc([C@@H](C)NC(=O)CSc2nnnn2-c2cccc(Cl)c2)cc1. The molecule has 0 spiro atoms. The second-order valence-corrected chi connectivity index (χ2v) is 7.41. The van der Waals surface area contributed by atoms with E-state index >= 15 is 0 Å². The summed E-state index contributed by atoms with van der Waals surface area (Å²) in [5, 5.41) is 15.8. The number of hydrogen-bond acceptors (Lipinski definition) is 5. The minimum Gasteiger partial charge on any atom is -0.349 e. The van der Waals surface area contributed by atoms with E-state index < -0.39 is 0 Å². The smallest absolute Gasteiger partial charge is 0.230 e. The van der Waals surface area contributed by atoms with Crippen LogP contribution in [0.15, 0.2) is 53.7 Å². The molecule has 1 heterocycles. The number of halogens is 1. The first-order valence-electron chi connectivity index (χ1n) is 8.62. The average molecular weight is 402 g/mol. The van der Waals surface area contributed by atoms with Crippen LogP contribution in [0.25, 0.3) is 5.69 Å². The van der Waals surface area contributed by atoms with Gasteiger partial charge in [-0.15, -0.1) is 5.10 Å². The standard InChI is InChI=1S/C19H20ClN5OS/c1-3-14-7-9-15(10-8-14)13(2)21-18(26)12-27-19-22-23-24-25(19)17-6-4-5-16(20)11-17/h4-11,13H,3,12H2,1-2H3,(H,21,26)/t13-/m1/s1. The van der Waals surface area contributed by atoms with Gasteiger partial charge < -0.3 is 5.32 Å². The summed E-state index contributed by atoms with van der Waals surface area (Å²) in [4.78, 5) is 12.3. The average Bonchev–Trinajstić information content (AvgIpc) is 3.15. The van der Waals surface area contributed by atoms with Crippen LogP contribution >= 0.6 is 23.4 Å². The summed E-state index contributed by atoms with van der Waals surface area (Å²) in [7, 11) is 0. The van der Waals surface area contributed by atoms with Gasteiger partial charge in [-0.2, -0.15) is 4.68 Å². The zero-order chi connectivity index (χ0) is 19.2. The van der Waals surface area contributed by atoms with Crippen LogP contribution in [0.1, 0.15) is 31.0 Å². The lowest BCUT2D eigenvalue weighted by Gasteiger charge is -2.14. The highest BCUT2D eigenvalue weighted by Crippen LogP contribution is 2.21. The first kappa shape index (κ1) is 19.4. The topological polar surface area (TPSA) is 72.7 Å². The van der Waals surface area contributed by atoms with Gasteiger partial charge in [-0.25, -0.2) is 0 Å². The molecule has 8 heteroatoms. The molecule has 1 aromatic heterocycles. The molecule has 0 aliphatic carbocycles. The van der Waals surface area contributed by atoms with Crippen molar-refractivity contribution in [1.29, 1.82) is 0 Å². The summed E-state index contributed by atoms with van der Waals surface area (Å²) in [6, 6.07) is 15.5. The Morgan fingerprint density at radius 1 is 1.26 bits per heavy atom. The summed E-state index contributed by atoms with van der Waals surface area (Å²) in [6.07, 6.45) is 0.999. The molecule has 3 aromatic rings. The van der Waals surface area contributed by atoms with Gasteiger partial charge in [0.05, 0.1) is 17.5 Å². The van der Waals surface area contributed by atoms with Crippen molar-refractivity contribution >= 4 is 29.3 Å². The highest BCUT2D eigenvalue weighted by molar-refractivity contribution is 7.99. The minimum absolute atomic E-state index is 0.0621. The van der Waals surface area contributed by atoms with E-state index in [2.05, 4.69) is 52.0 Å². The van der Waals surface area contributed by atoms with Crippen LogP contribution in [-0.4, -0.2) is 31.9 Å². The van der Waals surface area contributed by atoms with Gasteiger partial charge in [0.25, 0.3) is 0 Å². The number of thioether (sulfide) groups is 1. The Morgan fingerprint density at radius 2 is 2.04 bits per heavy atom. The minimum atomic E-state index is -0.0762. The van der Waals surface area contributed by atoms with Crippen LogP contribution < -0.4 is 5.32 Å². The number of aromatic nitrogens is 4. The van der Waals surface area contributed by atoms with E-state index in [0.717, 1.165) is 17.7 Å². The molecule has 1 N–H and O–H groups in total. The lowest BCUT2D eigenvalue weighted by molar-refractivity contribution is -0.119. The molecule has 0 aliphatic heterocycles. The van der Waals surface area contributed by atoms with Crippen molar-refractivity contribution in [3.63, 3.8) is 0 Å². The number of benzene rings is 2. The maximum absolute atomic E-state index is 12.3. The van der Waals surface area contributed by atoms with Gasteiger partial charge >= 0.3 is 0 Å². The second kappa shape index (κ2) is 9.01. The predicted molar refractivity (Wildman–Crippen MR) is 107 cm³/mol. The Hall–Kier alpha value is -2.38. The van der Waals surface area contributed by atoms with Crippen LogP contribution in [0.5, 0.6) is 0 Å². The molecule has 140 valence electrons. The van der Waals surface area contributed by atoms with E-state index in [4.69, 9.17) is 11.6 Å². The third kappa shape index (κ3) is 5.08. The van der Waals surface area contributed by atoms with Crippen LogP contribution in [0.4, 0.5) is 0 Å². The van der Waals surface area contributed by atoms with Gasteiger partial charge in [-0.05, 0) is 53.1 Å². The molecular formula is C19H20ClN5OS. The molecule has 3 rings (SSSR count). The van der Waals surface area contributed by atoms with Gasteiger partial charge in [0.15, 0.2) is 0 Å². The number of amides is 1. The molecule has 0 saturated heterocycles. The van der Waals surface area contributed by atoms with Gasteiger partial charge in [0, 0.05) is 5.02 Å². The Labute approximate surface area is 167 Å². The predicted octanol–water partition coefficient (Wildman–Crippen LogP) is 3.85. The summed E-state index contributed by atoms with van der Waals surface area (Å²) < 4.78 is 1.57. The maximum Gasteiger partial charge on any atom is 0.230 e. The number of rotatable bonds is 7. The summed E-state index contributed by atoms with van der Waals surface area (Å²) >= 11 is 7.30. The fourth-order valence-corrected chi connectivity index (χ4v) is 3.46. The highest BCUT2D eigenvalue weighted by Gasteiger charge is 2.14. The summed E-state index contributed by atoms with van der Waals surface area (Å²) in [5.41, 5.74) is 3.11. The number of carbonyl (C=O) groups excluding carboxylic acids is 1. The Morgan fingerprint density at radius 3 is 2.74 bits per heavy atom. The molecule has 0 fully saturated rings. The van der Waals surface area contributed by atoms with Crippen molar-refractivity contribution < 1.29 is 4.79 Å². The van der Waals surface area contributed by atoms with Crippen LogP contribution in [0.3, 0.4) is 0 Å². The molecule has 0 aliphatic rings. The summed E-state index contributed by atoms with van der Waals surface area (Å²) in [6.45, 7) is 4.09. The molecule has 1 atom stereocenters. The van der Waals surface area contributed by atoms with Crippen LogP contribution in [0, 0.1) is 0 Å². The zero-order valence-corrected chi connectivity index (χ0v) is 16.7. The van der Waals surface area contributed by atoms with E-state index in [0.29, 0.717) is 10.2 Å². The number of tetrazole rings is 1. The van der Waals surface area contributed by atoms with E-state index in [1.165, 1.54) is 17.3 Å².